The molecule has 0 spiro atoms. The molecule has 0 unspecified atom stereocenters. The summed E-state index contributed by atoms with van der Waals surface area (Å²) in [7, 11) is 0. The maximum Gasteiger partial charge on any atom is 0.0566 e. The average molecular weight is 307 g/mol. The highest BCUT2D eigenvalue weighted by atomic mass is 16.5. The Bertz CT molecular complexity index is 627. The zero-order chi connectivity index (χ0) is 15.5. The van der Waals surface area contributed by atoms with Crippen molar-refractivity contribution in [2.45, 2.75) is 37.3 Å². The predicted octanol–water partition coefficient (Wildman–Crippen LogP) is 3.91. The zero-order valence-corrected chi connectivity index (χ0v) is 13.6. The van der Waals surface area contributed by atoms with Gasteiger partial charge in [-0.25, -0.2) is 0 Å². The molecule has 0 radical (unpaired) electrons. The summed E-state index contributed by atoms with van der Waals surface area (Å²) in [6.07, 6.45) is 3.65. The lowest BCUT2D eigenvalue weighted by molar-refractivity contribution is 0.00761. The Morgan fingerprint density at radius 1 is 1.00 bits per heavy atom. The van der Waals surface area contributed by atoms with E-state index in [1.54, 1.807) is 0 Å². The van der Waals surface area contributed by atoms with Gasteiger partial charge in [0, 0.05) is 24.6 Å². The Hall–Kier alpha value is -1.64. The smallest absolute Gasteiger partial charge is 0.0566 e. The highest BCUT2D eigenvalue weighted by molar-refractivity contribution is 5.30. The van der Waals surface area contributed by atoms with Gasteiger partial charge >= 0.3 is 0 Å². The minimum Gasteiger partial charge on any atom is -0.381 e. The summed E-state index contributed by atoms with van der Waals surface area (Å²) in [6.45, 7) is 2.76. The number of ether oxygens (including phenoxy) is 1. The first-order chi connectivity index (χ1) is 11.4. The Balaban J connectivity index is 1.50. The van der Waals surface area contributed by atoms with E-state index < -0.39 is 0 Å². The molecule has 0 aromatic heterocycles. The van der Waals surface area contributed by atoms with Crippen LogP contribution in [0.1, 0.15) is 30.4 Å². The van der Waals surface area contributed by atoms with E-state index in [1.807, 2.05) is 0 Å². The maximum absolute atomic E-state index is 5.92. The molecular formula is C21H25NO. The molecule has 1 saturated carbocycles. The zero-order valence-electron chi connectivity index (χ0n) is 13.6. The number of hydrogen-bond donors (Lipinski definition) is 1. The van der Waals surface area contributed by atoms with Gasteiger partial charge in [0.2, 0.25) is 0 Å². The van der Waals surface area contributed by atoms with Crippen molar-refractivity contribution in [1.82, 2.24) is 5.32 Å². The molecule has 2 aromatic carbocycles. The molecular weight excluding hydrogens is 282 g/mol. The van der Waals surface area contributed by atoms with Gasteiger partial charge in [0.1, 0.15) is 0 Å². The van der Waals surface area contributed by atoms with Gasteiger partial charge in [-0.05, 0) is 36.3 Å². The third kappa shape index (κ3) is 2.93. The SMILES string of the molecule is c1ccc(CN[C@@H]2C[C@H]3CCOC[C@@]3(c3ccccc3)C2)cc1. The molecule has 1 saturated heterocycles. The van der Waals surface area contributed by atoms with Crippen LogP contribution >= 0.6 is 0 Å². The topological polar surface area (TPSA) is 21.3 Å². The van der Waals surface area contributed by atoms with E-state index in [0.717, 1.165) is 25.7 Å². The minimum absolute atomic E-state index is 0.216. The molecule has 23 heavy (non-hydrogen) atoms. The summed E-state index contributed by atoms with van der Waals surface area (Å²) in [6, 6.07) is 22.3. The van der Waals surface area contributed by atoms with Crippen LogP contribution in [-0.4, -0.2) is 19.3 Å². The molecule has 3 atom stereocenters. The number of fused-ring (bicyclic) bond motifs is 1. The molecule has 2 nitrogen and oxygen atoms in total. The minimum atomic E-state index is 0.216. The van der Waals surface area contributed by atoms with Crippen LogP contribution in [0.5, 0.6) is 0 Å². The first kappa shape index (κ1) is 14.9. The lowest BCUT2D eigenvalue weighted by Crippen LogP contribution is -2.41. The van der Waals surface area contributed by atoms with E-state index in [9.17, 15) is 0 Å². The van der Waals surface area contributed by atoms with Crippen molar-refractivity contribution < 1.29 is 4.74 Å². The summed E-state index contributed by atoms with van der Waals surface area (Å²) in [5, 5.41) is 3.79. The number of rotatable bonds is 4. The second-order valence-corrected chi connectivity index (χ2v) is 7.06. The third-order valence-corrected chi connectivity index (χ3v) is 5.72. The molecule has 1 heterocycles. The summed E-state index contributed by atoms with van der Waals surface area (Å²) in [4.78, 5) is 0. The van der Waals surface area contributed by atoms with Crippen molar-refractivity contribution >= 4 is 0 Å². The standard InChI is InChI=1S/C21H25NO/c1-3-7-17(8-4-1)15-22-20-13-19-11-12-23-16-21(19,14-20)18-9-5-2-6-10-18/h1-10,19-20,22H,11-16H2/t19-,20-,21-/m1/s1. The molecule has 1 aliphatic heterocycles. The van der Waals surface area contributed by atoms with Gasteiger partial charge in [-0.2, -0.15) is 0 Å². The van der Waals surface area contributed by atoms with Crippen LogP contribution in [0.3, 0.4) is 0 Å². The van der Waals surface area contributed by atoms with Crippen molar-refractivity contribution in [3.63, 3.8) is 0 Å². The summed E-state index contributed by atoms with van der Waals surface area (Å²) < 4.78 is 5.92. The normalized spacial score (nSPS) is 30.1. The lowest BCUT2D eigenvalue weighted by atomic mass is 9.70. The van der Waals surface area contributed by atoms with Crippen LogP contribution in [0.15, 0.2) is 60.7 Å². The first-order valence-corrected chi connectivity index (χ1v) is 8.77. The van der Waals surface area contributed by atoms with Gasteiger partial charge in [-0.15, -0.1) is 0 Å². The number of hydrogen-bond acceptors (Lipinski definition) is 2. The molecule has 2 aliphatic rings. The van der Waals surface area contributed by atoms with Gasteiger partial charge < -0.3 is 10.1 Å². The Kier molecular flexibility index (Phi) is 4.19. The van der Waals surface area contributed by atoms with E-state index in [4.69, 9.17) is 4.74 Å². The van der Waals surface area contributed by atoms with Crippen molar-refractivity contribution in [1.29, 1.82) is 0 Å². The summed E-state index contributed by atoms with van der Waals surface area (Å²) in [5.74, 6) is 0.743. The van der Waals surface area contributed by atoms with Gasteiger partial charge in [0.25, 0.3) is 0 Å². The molecule has 1 N–H and O–H groups in total. The van der Waals surface area contributed by atoms with E-state index in [1.165, 1.54) is 30.4 Å². The van der Waals surface area contributed by atoms with E-state index >= 15 is 0 Å². The van der Waals surface area contributed by atoms with Crippen LogP contribution in [0, 0.1) is 5.92 Å². The molecule has 0 bridgehead atoms. The van der Waals surface area contributed by atoms with Crippen LogP contribution in [-0.2, 0) is 16.7 Å². The molecule has 2 fully saturated rings. The Morgan fingerprint density at radius 2 is 1.74 bits per heavy atom. The van der Waals surface area contributed by atoms with Crippen LogP contribution < -0.4 is 5.32 Å². The third-order valence-electron chi connectivity index (χ3n) is 5.72. The van der Waals surface area contributed by atoms with E-state index in [2.05, 4.69) is 66.0 Å². The second-order valence-electron chi connectivity index (χ2n) is 7.06. The summed E-state index contributed by atoms with van der Waals surface area (Å²) in [5.41, 5.74) is 3.05. The van der Waals surface area contributed by atoms with Crippen molar-refractivity contribution in [2.24, 2.45) is 5.92 Å². The van der Waals surface area contributed by atoms with E-state index in [0.29, 0.717) is 6.04 Å². The Morgan fingerprint density at radius 3 is 2.52 bits per heavy atom. The first-order valence-electron chi connectivity index (χ1n) is 8.77. The Labute approximate surface area is 138 Å². The fourth-order valence-corrected chi connectivity index (χ4v) is 4.53. The lowest BCUT2D eigenvalue weighted by Gasteiger charge is -2.39. The fraction of sp³-hybridized carbons (Fsp3) is 0.429. The van der Waals surface area contributed by atoms with Gasteiger partial charge in [0.15, 0.2) is 0 Å². The van der Waals surface area contributed by atoms with Gasteiger partial charge in [0.05, 0.1) is 6.61 Å². The predicted molar refractivity (Wildman–Crippen MR) is 93.3 cm³/mol. The van der Waals surface area contributed by atoms with Crippen molar-refractivity contribution in [3.05, 3.63) is 71.8 Å². The van der Waals surface area contributed by atoms with Gasteiger partial charge in [-0.3, -0.25) is 0 Å². The molecule has 1 aliphatic carbocycles. The highest BCUT2D eigenvalue weighted by Crippen LogP contribution is 2.49. The summed E-state index contributed by atoms with van der Waals surface area (Å²) >= 11 is 0. The van der Waals surface area contributed by atoms with Crippen LogP contribution in [0.4, 0.5) is 0 Å². The largest absolute Gasteiger partial charge is 0.381 e. The van der Waals surface area contributed by atoms with Crippen LogP contribution in [0.25, 0.3) is 0 Å². The maximum atomic E-state index is 5.92. The van der Waals surface area contributed by atoms with Crippen molar-refractivity contribution in [2.75, 3.05) is 13.2 Å². The molecule has 2 aromatic rings. The second kappa shape index (κ2) is 6.46. The monoisotopic (exact) mass is 307 g/mol. The number of benzene rings is 2. The van der Waals surface area contributed by atoms with Crippen molar-refractivity contribution in [3.8, 4) is 0 Å². The molecule has 4 rings (SSSR count). The van der Waals surface area contributed by atoms with E-state index in [-0.39, 0.29) is 5.41 Å². The highest BCUT2D eigenvalue weighted by Gasteiger charge is 2.49. The molecule has 0 amide bonds. The average Bonchev–Trinajstić information content (AvgIpc) is 3.01. The quantitative estimate of drug-likeness (QED) is 0.924. The molecule has 120 valence electrons. The van der Waals surface area contributed by atoms with Gasteiger partial charge in [-0.1, -0.05) is 60.7 Å². The number of nitrogens with one attached hydrogen (secondary N) is 1. The fourth-order valence-electron chi connectivity index (χ4n) is 4.53. The van der Waals surface area contributed by atoms with Crippen LogP contribution in [0.2, 0.25) is 0 Å². The molecule has 2 heteroatoms.